The number of anilines is 1. The molecule has 1 aromatic carbocycles. The average Bonchev–Trinajstić information content (AvgIpc) is 3.18. The zero-order valence-corrected chi connectivity index (χ0v) is 17.8. The van der Waals surface area contributed by atoms with Gasteiger partial charge in [0, 0.05) is 19.3 Å². The van der Waals surface area contributed by atoms with Gasteiger partial charge in [0.15, 0.2) is 5.11 Å². The highest BCUT2D eigenvalue weighted by molar-refractivity contribution is 9.10. The van der Waals surface area contributed by atoms with E-state index in [0.29, 0.717) is 5.11 Å². The maximum atomic E-state index is 5.44. The SMILES string of the molecule is Cc1nn(Cc2ccccc2)c(C)c1NC(=S)NCCCn1cc(Br)cn1. The Hall–Kier alpha value is -2.19. The largest absolute Gasteiger partial charge is 0.362 e. The third-order valence-electron chi connectivity index (χ3n) is 4.25. The smallest absolute Gasteiger partial charge is 0.170 e. The van der Waals surface area contributed by atoms with Crippen molar-refractivity contribution in [2.45, 2.75) is 33.4 Å². The maximum absolute atomic E-state index is 5.44. The molecule has 6 nitrogen and oxygen atoms in total. The summed E-state index contributed by atoms with van der Waals surface area (Å²) in [6, 6.07) is 10.3. The van der Waals surface area contributed by atoms with Crippen molar-refractivity contribution < 1.29 is 0 Å². The molecule has 0 saturated carbocycles. The Labute approximate surface area is 173 Å². The first kappa shape index (κ1) is 19.6. The van der Waals surface area contributed by atoms with Gasteiger partial charge in [0.1, 0.15) is 0 Å². The van der Waals surface area contributed by atoms with Gasteiger partial charge < -0.3 is 10.6 Å². The monoisotopic (exact) mass is 446 g/mol. The normalized spacial score (nSPS) is 10.8. The van der Waals surface area contributed by atoms with Crippen LogP contribution >= 0.6 is 28.1 Å². The van der Waals surface area contributed by atoms with Gasteiger partial charge in [-0.15, -0.1) is 0 Å². The molecule has 0 radical (unpaired) electrons. The minimum atomic E-state index is 0.613. The lowest BCUT2D eigenvalue weighted by Gasteiger charge is -2.11. The van der Waals surface area contributed by atoms with Crippen molar-refractivity contribution in [3.05, 3.63) is 64.1 Å². The number of hydrogen-bond acceptors (Lipinski definition) is 3. The fourth-order valence-corrected chi connectivity index (χ4v) is 3.38. The summed E-state index contributed by atoms with van der Waals surface area (Å²) < 4.78 is 4.90. The molecule has 2 aromatic heterocycles. The number of nitrogens with one attached hydrogen (secondary N) is 2. The van der Waals surface area contributed by atoms with E-state index in [4.69, 9.17) is 12.2 Å². The molecule has 0 atom stereocenters. The van der Waals surface area contributed by atoms with Crippen LogP contribution in [-0.2, 0) is 13.1 Å². The van der Waals surface area contributed by atoms with Gasteiger partial charge in [-0.25, -0.2) is 0 Å². The number of hydrogen-bond donors (Lipinski definition) is 2. The molecular weight excluding hydrogens is 424 g/mol. The first-order valence-electron chi connectivity index (χ1n) is 8.83. The second kappa shape index (κ2) is 9.14. The van der Waals surface area contributed by atoms with E-state index in [1.165, 1.54) is 5.56 Å². The van der Waals surface area contributed by atoms with Crippen LogP contribution in [0.25, 0.3) is 0 Å². The summed E-state index contributed by atoms with van der Waals surface area (Å²) in [6.45, 7) is 6.42. The molecule has 0 spiro atoms. The predicted molar refractivity (Wildman–Crippen MR) is 116 cm³/mol. The molecule has 0 amide bonds. The quantitative estimate of drug-likeness (QED) is 0.425. The van der Waals surface area contributed by atoms with Gasteiger partial charge in [-0.1, -0.05) is 30.3 Å². The summed E-state index contributed by atoms with van der Waals surface area (Å²) in [5.74, 6) is 0. The first-order valence-corrected chi connectivity index (χ1v) is 10.0. The number of halogens is 1. The Balaban J connectivity index is 1.51. The van der Waals surface area contributed by atoms with Crippen LogP contribution in [0, 0.1) is 13.8 Å². The minimum Gasteiger partial charge on any atom is -0.362 e. The minimum absolute atomic E-state index is 0.613. The van der Waals surface area contributed by atoms with E-state index in [9.17, 15) is 0 Å². The zero-order chi connectivity index (χ0) is 19.2. The van der Waals surface area contributed by atoms with Gasteiger partial charge in [0.25, 0.3) is 0 Å². The number of benzene rings is 1. The Kier molecular flexibility index (Phi) is 6.63. The standard InChI is InChI=1S/C19H23BrN6S/c1-14-18(15(2)26(24-14)12-16-7-4-3-5-8-16)23-19(27)21-9-6-10-25-13-17(20)11-22-25/h3-5,7-8,11,13H,6,9-10,12H2,1-2H3,(H2,21,23,27). The van der Waals surface area contributed by atoms with Crippen LogP contribution in [0.5, 0.6) is 0 Å². The van der Waals surface area contributed by atoms with E-state index in [0.717, 1.165) is 47.6 Å². The Bertz CT molecular complexity index is 902. The number of aryl methyl sites for hydroxylation is 2. The lowest BCUT2D eigenvalue weighted by molar-refractivity contribution is 0.573. The van der Waals surface area contributed by atoms with Gasteiger partial charge in [-0.05, 0) is 54.0 Å². The van der Waals surface area contributed by atoms with Crippen LogP contribution in [-0.4, -0.2) is 31.2 Å². The third-order valence-corrected chi connectivity index (χ3v) is 4.90. The molecule has 0 fully saturated rings. The summed E-state index contributed by atoms with van der Waals surface area (Å²) >= 11 is 8.84. The predicted octanol–water partition coefficient (Wildman–Crippen LogP) is 3.88. The highest BCUT2D eigenvalue weighted by atomic mass is 79.9. The number of aromatic nitrogens is 4. The highest BCUT2D eigenvalue weighted by Gasteiger charge is 2.12. The van der Waals surface area contributed by atoms with Crippen molar-refractivity contribution in [1.82, 2.24) is 24.9 Å². The number of rotatable bonds is 7. The van der Waals surface area contributed by atoms with Crippen LogP contribution in [0.2, 0.25) is 0 Å². The van der Waals surface area contributed by atoms with Crippen molar-refractivity contribution in [3.8, 4) is 0 Å². The molecule has 27 heavy (non-hydrogen) atoms. The Morgan fingerprint density at radius 1 is 1.22 bits per heavy atom. The maximum Gasteiger partial charge on any atom is 0.170 e. The summed E-state index contributed by atoms with van der Waals surface area (Å²) in [6.07, 6.45) is 4.68. The van der Waals surface area contributed by atoms with E-state index >= 15 is 0 Å². The van der Waals surface area contributed by atoms with Crippen molar-refractivity contribution in [1.29, 1.82) is 0 Å². The van der Waals surface area contributed by atoms with Crippen LogP contribution in [0.4, 0.5) is 5.69 Å². The molecule has 2 heterocycles. The molecule has 0 aliphatic rings. The van der Waals surface area contributed by atoms with Crippen molar-refractivity contribution in [3.63, 3.8) is 0 Å². The second-order valence-corrected chi connectivity index (χ2v) is 7.67. The molecule has 8 heteroatoms. The van der Waals surface area contributed by atoms with Crippen LogP contribution in [0.15, 0.2) is 47.2 Å². The second-order valence-electron chi connectivity index (χ2n) is 6.35. The van der Waals surface area contributed by atoms with Crippen molar-refractivity contribution in [2.75, 3.05) is 11.9 Å². The number of nitrogens with zero attached hydrogens (tertiary/aromatic N) is 4. The average molecular weight is 447 g/mol. The molecule has 2 N–H and O–H groups in total. The first-order chi connectivity index (χ1) is 13.0. The molecule has 3 rings (SSSR count). The molecule has 3 aromatic rings. The lowest BCUT2D eigenvalue weighted by Crippen LogP contribution is -2.30. The molecule has 142 valence electrons. The van der Waals surface area contributed by atoms with E-state index in [-0.39, 0.29) is 0 Å². The van der Waals surface area contributed by atoms with Crippen LogP contribution in [0.3, 0.4) is 0 Å². The fraction of sp³-hybridized carbons (Fsp3) is 0.316. The zero-order valence-electron chi connectivity index (χ0n) is 15.4. The van der Waals surface area contributed by atoms with Gasteiger partial charge in [-0.3, -0.25) is 9.36 Å². The Morgan fingerprint density at radius 3 is 2.70 bits per heavy atom. The van der Waals surface area contributed by atoms with Gasteiger partial charge in [0.2, 0.25) is 0 Å². The topological polar surface area (TPSA) is 59.7 Å². The molecule has 0 bridgehead atoms. The van der Waals surface area contributed by atoms with Gasteiger partial charge in [0.05, 0.1) is 34.3 Å². The van der Waals surface area contributed by atoms with E-state index in [1.54, 1.807) is 6.20 Å². The van der Waals surface area contributed by atoms with E-state index in [2.05, 4.69) is 55.8 Å². The molecule has 0 aliphatic heterocycles. The summed E-state index contributed by atoms with van der Waals surface area (Å²) in [7, 11) is 0. The van der Waals surface area contributed by atoms with Crippen molar-refractivity contribution in [2.24, 2.45) is 0 Å². The van der Waals surface area contributed by atoms with Crippen LogP contribution < -0.4 is 10.6 Å². The van der Waals surface area contributed by atoms with Gasteiger partial charge in [-0.2, -0.15) is 10.2 Å². The van der Waals surface area contributed by atoms with E-state index < -0.39 is 0 Å². The molecule has 0 aliphatic carbocycles. The molecular formula is C19H23BrN6S. The molecule has 0 saturated heterocycles. The highest BCUT2D eigenvalue weighted by Crippen LogP contribution is 2.20. The Morgan fingerprint density at radius 2 is 2.00 bits per heavy atom. The summed E-state index contributed by atoms with van der Waals surface area (Å²) in [5.41, 5.74) is 4.20. The van der Waals surface area contributed by atoms with Crippen LogP contribution in [0.1, 0.15) is 23.4 Å². The molecule has 0 unspecified atom stereocenters. The summed E-state index contributed by atoms with van der Waals surface area (Å²) in [5, 5.41) is 16.1. The van der Waals surface area contributed by atoms with Crippen molar-refractivity contribution >= 4 is 38.9 Å². The van der Waals surface area contributed by atoms with E-state index in [1.807, 2.05) is 40.7 Å². The lowest BCUT2D eigenvalue weighted by atomic mass is 10.2. The summed E-state index contributed by atoms with van der Waals surface area (Å²) in [4.78, 5) is 0. The third kappa shape index (κ3) is 5.40. The number of thiocarbonyl (C=S) groups is 1. The fourth-order valence-electron chi connectivity index (χ4n) is 2.85. The van der Waals surface area contributed by atoms with Gasteiger partial charge >= 0.3 is 0 Å².